The van der Waals surface area contributed by atoms with E-state index in [1.165, 1.54) is 12.0 Å². The molecule has 1 aromatic heterocycles. The van der Waals surface area contributed by atoms with Crippen LogP contribution in [0.2, 0.25) is 0 Å². The summed E-state index contributed by atoms with van der Waals surface area (Å²) in [5.74, 6) is 1.19. The van der Waals surface area contributed by atoms with Crippen LogP contribution in [0.4, 0.5) is 0 Å². The second kappa shape index (κ2) is 6.55. The number of nitrogens with zero attached hydrogens (tertiary/aromatic N) is 2. The lowest BCUT2D eigenvalue weighted by Gasteiger charge is -2.34. The molecule has 4 rings (SSSR count). The molecule has 1 atom stereocenters. The Morgan fingerprint density at radius 3 is 3.17 bits per heavy atom. The molecule has 0 saturated carbocycles. The van der Waals surface area contributed by atoms with E-state index in [2.05, 4.69) is 16.4 Å². The van der Waals surface area contributed by atoms with E-state index in [1.807, 2.05) is 24.0 Å². The monoisotopic (exact) mass is 342 g/mol. The van der Waals surface area contributed by atoms with Gasteiger partial charge in [0.05, 0.1) is 19.1 Å². The van der Waals surface area contributed by atoms with Gasteiger partial charge in [-0.05, 0) is 43.4 Å². The Morgan fingerprint density at radius 2 is 2.33 bits per heavy atom. The van der Waals surface area contributed by atoms with Crippen molar-refractivity contribution in [3.8, 4) is 5.75 Å². The van der Waals surface area contributed by atoms with Crippen molar-refractivity contribution in [3.05, 3.63) is 45.4 Å². The van der Waals surface area contributed by atoms with E-state index in [-0.39, 0.29) is 11.9 Å². The molecule has 2 aliphatic rings. The van der Waals surface area contributed by atoms with Gasteiger partial charge in [-0.3, -0.25) is 4.79 Å². The lowest BCUT2D eigenvalue weighted by atomic mass is 10.0. The van der Waals surface area contributed by atoms with Crippen LogP contribution >= 0.6 is 11.3 Å². The number of ether oxygens (including phenoxy) is 1. The molecule has 1 amide bonds. The third-order valence-electron chi connectivity index (χ3n) is 4.85. The van der Waals surface area contributed by atoms with Crippen molar-refractivity contribution < 1.29 is 9.53 Å². The van der Waals surface area contributed by atoms with Gasteiger partial charge in [0.15, 0.2) is 0 Å². The Kier molecular flexibility index (Phi) is 4.27. The van der Waals surface area contributed by atoms with Gasteiger partial charge in [-0.1, -0.05) is 12.1 Å². The molecule has 0 aliphatic carbocycles. The van der Waals surface area contributed by atoms with Gasteiger partial charge >= 0.3 is 0 Å². The first-order valence-electron chi connectivity index (χ1n) is 8.67. The van der Waals surface area contributed by atoms with E-state index in [0.717, 1.165) is 54.4 Å². The highest BCUT2D eigenvalue weighted by Crippen LogP contribution is 2.33. The molecule has 0 unspecified atom stereocenters. The van der Waals surface area contributed by atoms with Crippen LogP contribution in [0, 0.1) is 6.92 Å². The maximum atomic E-state index is 12.9. The second-order valence-electron chi connectivity index (χ2n) is 6.64. The highest BCUT2D eigenvalue weighted by molar-refractivity contribution is 7.09. The van der Waals surface area contributed by atoms with Crippen molar-refractivity contribution in [1.82, 2.24) is 9.88 Å². The molecule has 1 aromatic carbocycles. The first kappa shape index (κ1) is 15.6. The van der Waals surface area contributed by atoms with Gasteiger partial charge in [-0.15, -0.1) is 11.3 Å². The number of hydrogen-bond acceptors (Lipinski definition) is 4. The highest BCUT2D eigenvalue weighted by atomic mass is 32.1. The van der Waals surface area contributed by atoms with Crippen LogP contribution in [0.15, 0.2) is 23.6 Å². The van der Waals surface area contributed by atoms with Crippen LogP contribution in [-0.4, -0.2) is 28.9 Å². The van der Waals surface area contributed by atoms with Gasteiger partial charge in [-0.25, -0.2) is 4.98 Å². The van der Waals surface area contributed by atoms with E-state index < -0.39 is 0 Å². The molecule has 0 spiro atoms. The SMILES string of the molecule is Cc1csc([C@@H]2CCCCN2C(=O)Cc2ccc3c(c2)CCO3)n1. The number of rotatable bonds is 3. The number of piperidine rings is 1. The average Bonchev–Trinajstić information content (AvgIpc) is 3.23. The Bertz CT molecular complexity index is 756. The summed E-state index contributed by atoms with van der Waals surface area (Å²) in [4.78, 5) is 19.6. The van der Waals surface area contributed by atoms with Crippen molar-refractivity contribution >= 4 is 17.2 Å². The number of thiazole rings is 1. The number of fused-ring (bicyclic) bond motifs is 1. The van der Waals surface area contributed by atoms with Crippen LogP contribution in [0.3, 0.4) is 0 Å². The number of carbonyl (C=O) groups excluding carboxylic acids is 1. The fraction of sp³-hybridized carbons (Fsp3) is 0.474. The van der Waals surface area contributed by atoms with E-state index in [0.29, 0.717) is 6.42 Å². The molecular formula is C19H22N2O2S. The zero-order valence-electron chi connectivity index (χ0n) is 14.0. The number of aryl methyl sites for hydroxylation is 1. The Hall–Kier alpha value is -1.88. The van der Waals surface area contributed by atoms with Gasteiger partial charge in [0, 0.05) is 24.0 Å². The van der Waals surface area contributed by atoms with Crippen molar-refractivity contribution in [3.63, 3.8) is 0 Å². The molecule has 0 radical (unpaired) electrons. The number of likely N-dealkylation sites (tertiary alicyclic amines) is 1. The maximum absolute atomic E-state index is 12.9. The molecule has 1 fully saturated rings. The molecular weight excluding hydrogens is 320 g/mol. The first-order chi connectivity index (χ1) is 11.7. The zero-order chi connectivity index (χ0) is 16.5. The number of benzene rings is 1. The summed E-state index contributed by atoms with van der Waals surface area (Å²) < 4.78 is 5.55. The van der Waals surface area contributed by atoms with Crippen LogP contribution in [0.25, 0.3) is 0 Å². The third kappa shape index (κ3) is 3.05. The summed E-state index contributed by atoms with van der Waals surface area (Å²) in [7, 11) is 0. The van der Waals surface area contributed by atoms with Gasteiger partial charge in [0.25, 0.3) is 0 Å². The summed E-state index contributed by atoms with van der Waals surface area (Å²) in [5.41, 5.74) is 3.36. The first-order valence-corrected chi connectivity index (χ1v) is 9.55. The molecule has 5 heteroatoms. The molecule has 0 bridgehead atoms. The highest BCUT2D eigenvalue weighted by Gasteiger charge is 2.30. The van der Waals surface area contributed by atoms with Gasteiger partial charge in [0.2, 0.25) is 5.91 Å². The lowest BCUT2D eigenvalue weighted by Crippen LogP contribution is -2.39. The largest absolute Gasteiger partial charge is 0.493 e. The molecule has 126 valence electrons. The molecule has 3 heterocycles. The standard InChI is InChI=1S/C19H22N2O2S/c1-13-12-24-19(20-13)16-4-2-3-8-21(16)18(22)11-14-5-6-17-15(10-14)7-9-23-17/h5-6,10,12,16H,2-4,7-9,11H2,1H3/t16-/m0/s1. The normalized spacial score (nSPS) is 19.9. The summed E-state index contributed by atoms with van der Waals surface area (Å²) in [6, 6.07) is 6.31. The molecule has 24 heavy (non-hydrogen) atoms. The second-order valence-corrected chi connectivity index (χ2v) is 7.53. The van der Waals surface area contributed by atoms with Crippen molar-refractivity contribution in [2.24, 2.45) is 0 Å². The van der Waals surface area contributed by atoms with E-state index >= 15 is 0 Å². The van der Waals surface area contributed by atoms with Crippen molar-refractivity contribution in [2.45, 2.75) is 45.1 Å². The molecule has 0 N–H and O–H groups in total. The number of aromatic nitrogens is 1. The van der Waals surface area contributed by atoms with Crippen LogP contribution in [-0.2, 0) is 17.6 Å². The summed E-state index contributed by atoms with van der Waals surface area (Å²) in [6.07, 6.45) is 4.70. The van der Waals surface area contributed by atoms with Gasteiger partial charge < -0.3 is 9.64 Å². The molecule has 1 saturated heterocycles. The maximum Gasteiger partial charge on any atom is 0.227 e. The smallest absolute Gasteiger partial charge is 0.227 e. The van der Waals surface area contributed by atoms with Crippen LogP contribution in [0.5, 0.6) is 5.75 Å². The predicted octanol–water partition coefficient (Wildman–Crippen LogP) is 3.68. The van der Waals surface area contributed by atoms with Crippen molar-refractivity contribution in [1.29, 1.82) is 0 Å². The lowest BCUT2D eigenvalue weighted by molar-refractivity contribution is -0.134. The third-order valence-corrected chi connectivity index (χ3v) is 5.92. The Morgan fingerprint density at radius 1 is 1.42 bits per heavy atom. The summed E-state index contributed by atoms with van der Waals surface area (Å²) >= 11 is 1.68. The topological polar surface area (TPSA) is 42.4 Å². The van der Waals surface area contributed by atoms with Gasteiger partial charge in [-0.2, -0.15) is 0 Å². The van der Waals surface area contributed by atoms with E-state index in [1.54, 1.807) is 11.3 Å². The molecule has 2 aromatic rings. The Balaban J connectivity index is 1.51. The minimum atomic E-state index is 0.155. The fourth-order valence-electron chi connectivity index (χ4n) is 3.64. The number of carbonyl (C=O) groups is 1. The van der Waals surface area contributed by atoms with Crippen LogP contribution in [0.1, 0.15) is 47.1 Å². The van der Waals surface area contributed by atoms with E-state index in [4.69, 9.17) is 4.74 Å². The average molecular weight is 342 g/mol. The fourth-order valence-corrected chi connectivity index (χ4v) is 4.58. The minimum Gasteiger partial charge on any atom is -0.493 e. The summed E-state index contributed by atoms with van der Waals surface area (Å²) in [5, 5.41) is 3.16. The predicted molar refractivity (Wildman–Crippen MR) is 94.5 cm³/mol. The molecule has 2 aliphatic heterocycles. The van der Waals surface area contributed by atoms with Gasteiger partial charge in [0.1, 0.15) is 10.8 Å². The zero-order valence-corrected chi connectivity index (χ0v) is 14.8. The Labute approximate surface area is 146 Å². The molecule has 4 nitrogen and oxygen atoms in total. The minimum absolute atomic E-state index is 0.155. The summed E-state index contributed by atoms with van der Waals surface area (Å²) in [6.45, 7) is 3.61. The van der Waals surface area contributed by atoms with Crippen LogP contribution < -0.4 is 4.74 Å². The number of amides is 1. The quantitative estimate of drug-likeness (QED) is 0.854. The van der Waals surface area contributed by atoms with E-state index in [9.17, 15) is 4.79 Å². The van der Waals surface area contributed by atoms with Crippen molar-refractivity contribution in [2.75, 3.05) is 13.2 Å². The number of hydrogen-bond donors (Lipinski definition) is 0.